The molecule has 1 fully saturated rings. The number of nitrogens with two attached hydrogens (primary N) is 1. The zero-order chi connectivity index (χ0) is 10.7. The van der Waals surface area contributed by atoms with Crippen LogP contribution in [0.3, 0.4) is 0 Å². The second-order valence-corrected chi connectivity index (χ2v) is 4.48. The van der Waals surface area contributed by atoms with Crippen molar-refractivity contribution in [3.63, 3.8) is 0 Å². The van der Waals surface area contributed by atoms with E-state index in [2.05, 4.69) is 23.0 Å². The minimum absolute atomic E-state index is 0.240. The zero-order valence-electron chi connectivity index (χ0n) is 9.10. The first-order chi connectivity index (χ1) is 7.31. The van der Waals surface area contributed by atoms with Crippen LogP contribution >= 0.6 is 0 Å². The Bertz CT molecular complexity index is 304. The Labute approximate surface area is 90.9 Å². The Balaban J connectivity index is 1.85. The molecule has 0 amide bonds. The van der Waals surface area contributed by atoms with E-state index in [0.29, 0.717) is 0 Å². The van der Waals surface area contributed by atoms with Crippen LogP contribution in [0.2, 0.25) is 0 Å². The fourth-order valence-electron chi connectivity index (χ4n) is 1.93. The van der Waals surface area contributed by atoms with Crippen molar-refractivity contribution < 1.29 is 5.11 Å². The van der Waals surface area contributed by atoms with Crippen molar-refractivity contribution in [1.82, 2.24) is 4.57 Å². The second kappa shape index (κ2) is 4.81. The summed E-state index contributed by atoms with van der Waals surface area (Å²) in [7, 11) is 0. The zero-order valence-corrected chi connectivity index (χ0v) is 9.10. The van der Waals surface area contributed by atoms with E-state index < -0.39 is 0 Å². The molecule has 1 aliphatic rings. The summed E-state index contributed by atoms with van der Waals surface area (Å²) in [5.41, 5.74) is 7.38. The number of rotatable bonds is 6. The predicted molar refractivity (Wildman–Crippen MR) is 60.4 cm³/mol. The van der Waals surface area contributed by atoms with Crippen LogP contribution in [-0.2, 0) is 6.54 Å². The van der Waals surface area contributed by atoms with E-state index in [9.17, 15) is 0 Å². The lowest BCUT2D eigenvalue weighted by Crippen LogP contribution is -2.11. The van der Waals surface area contributed by atoms with Gasteiger partial charge in [0.2, 0.25) is 0 Å². The third-order valence-corrected chi connectivity index (χ3v) is 3.11. The normalized spacial score (nSPS) is 18.0. The van der Waals surface area contributed by atoms with Gasteiger partial charge in [-0.2, -0.15) is 0 Å². The Kier molecular flexibility index (Phi) is 3.44. The van der Waals surface area contributed by atoms with Crippen LogP contribution in [0.15, 0.2) is 18.5 Å². The molecule has 1 saturated carbocycles. The molecule has 0 aromatic carbocycles. The second-order valence-electron chi connectivity index (χ2n) is 4.48. The average molecular weight is 208 g/mol. The molecule has 0 bridgehead atoms. The first-order valence-electron chi connectivity index (χ1n) is 5.83. The van der Waals surface area contributed by atoms with Crippen LogP contribution in [0.1, 0.15) is 37.3 Å². The van der Waals surface area contributed by atoms with Crippen molar-refractivity contribution in [3.8, 4) is 0 Å². The molecule has 84 valence electrons. The number of hydrogen-bond donors (Lipinski definition) is 2. The van der Waals surface area contributed by atoms with Gasteiger partial charge in [0.25, 0.3) is 0 Å². The van der Waals surface area contributed by atoms with E-state index in [-0.39, 0.29) is 12.6 Å². The molecular formula is C12H20N2O. The number of aliphatic hydroxyl groups excluding tert-OH is 1. The molecule has 0 radical (unpaired) electrons. The molecule has 3 N–H and O–H groups in total. The molecule has 1 heterocycles. The van der Waals surface area contributed by atoms with E-state index in [1.165, 1.54) is 18.4 Å². The van der Waals surface area contributed by atoms with Crippen molar-refractivity contribution in [1.29, 1.82) is 0 Å². The molecule has 3 heteroatoms. The molecule has 3 nitrogen and oxygen atoms in total. The highest BCUT2D eigenvalue weighted by Gasteiger charge is 2.29. The maximum atomic E-state index is 8.69. The molecule has 0 spiro atoms. The lowest BCUT2D eigenvalue weighted by atomic mass is 10.1. The highest BCUT2D eigenvalue weighted by atomic mass is 16.2. The van der Waals surface area contributed by atoms with Gasteiger partial charge in [-0.3, -0.25) is 0 Å². The number of unbranched alkanes of at least 4 members (excludes halogenated alkanes) is 1. The largest absolute Gasteiger partial charge is 0.396 e. The molecule has 2 rings (SSSR count). The minimum Gasteiger partial charge on any atom is -0.396 e. The Morgan fingerprint density at radius 2 is 2.27 bits per heavy atom. The van der Waals surface area contributed by atoms with Gasteiger partial charge >= 0.3 is 0 Å². The van der Waals surface area contributed by atoms with Gasteiger partial charge in [-0.05, 0) is 43.2 Å². The molecule has 15 heavy (non-hydrogen) atoms. The van der Waals surface area contributed by atoms with Gasteiger partial charge in [-0.25, -0.2) is 0 Å². The SMILES string of the molecule is NC(c1ccn(CCCCO)c1)C1CC1. The average Bonchev–Trinajstić information content (AvgIpc) is 2.98. The maximum absolute atomic E-state index is 8.69. The van der Waals surface area contributed by atoms with Crippen molar-refractivity contribution in [2.75, 3.05) is 6.61 Å². The van der Waals surface area contributed by atoms with Crippen molar-refractivity contribution in [2.45, 2.75) is 38.3 Å². The molecular weight excluding hydrogens is 188 g/mol. The third kappa shape index (κ3) is 2.83. The quantitative estimate of drug-likeness (QED) is 0.699. The van der Waals surface area contributed by atoms with E-state index in [1.54, 1.807) is 0 Å². The molecule has 1 atom stereocenters. The van der Waals surface area contributed by atoms with Crippen molar-refractivity contribution in [2.24, 2.45) is 11.7 Å². The lowest BCUT2D eigenvalue weighted by Gasteiger charge is -2.07. The third-order valence-electron chi connectivity index (χ3n) is 3.11. The van der Waals surface area contributed by atoms with Crippen molar-refractivity contribution >= 4 is 0 Å². The van der Waals surface area contributed by atoms with Gasteiger partial charge in [0.15, 0.2) is 0 Å². The fourth-order valence-corrected chi connectivity index (χ4v) is 1.93. The van der Waals surface area contributed by atoms with Crippen LogP contribution in [0, 0.1) is 5.92 Å². The fraction of sp³-hybridized carbons (Fsp3) is 0.667. The van der Waals surface area contributed by atoms with E-state index in [0.717, 1.165) is 25.3 Å². The lowest BCUT2D eigenvalue weighted by molar-refractivity contribution is 0.281. The summed E-state index contributed by atoms with van der Waals surface area (Å²) >= 11 is 0. The Morgan fingerprint density at radius 3 is 2.93 bits per heavy atom. The summed E-state index contributed by atoms with van der Waals surface area (Å²) in [6.07, 6.45) is 8.73. The highest BCUT2D eigenvalue weighted by Crippen LogP contribution is 2.39. The molecule has 0 aliphatic heterocycles. The first kappa shape index (κ1) is 10.7. The standard InChI is InChI=1S/C12H20N2O/c13-12(10-3-4-10)11-5-7-14(9-11)6-1-2-8-15/h5,7,9-10,12,15H,1-4,6,8,13H2. The smallest absolute Gasteiger partial charge is 0.0431 e. The Morgan fingerprint density at radius 1 is 1.47 bits per heavy atom. The van der Waals surface area contributed by atoms with Gasteiger partial charge in [-0.1, -0.05) is 0 Å². The summed E-state index contributed by atoms with van der Waals surface area (Å²) in [5.74, 6) is 0.721. The highest BCUT2D eigenvalue weighted by molar-refractivity contribution is 5.17. The van der Waals surface area contributed by atoms with E-state index in [4.69, 9.17) is 10.8 Å². The van der Waals surface area contributed by atoms with Crippen LogP contribution in [0.4, 0.5) is 0 Å². The molecule has 0 saturated heterocycles. The summed E-state index contributed by atoms with van der Waals surface area (Å²) in [4.78, 5) is 0. The summed E-state index contributed by atoms with van der Waals surface area (Å²) in [5, 5.41) is 8.69. The molecule has 1 aliphatic carbocycles. The van der Waals surface area contributed by atoms with E-state index >= 15 is 0 Å². The molecule has 1 unspecified atom stereocenters. The van der Waals surface area contributed by atoms with Gasteiger partial charge < -0.3 is 15.4 Å². The monoisotopic (exact) mass is 208 g/mol. The number of aromatic nitrogens is 1. The minimum atomic E-state index is 0.240. The molecule has 1 aromatic heterocycles. The van der Waals surface area contributed by atoms with Crippen LogP contribution in [0.25, 0.3) is 0 Å². The first-order valence-corrected chi connectivity index (χ1v) is 5.83. The van der Waals surface area contributed by atoms with Crippen molar-refractivity contribution in [3.05, 3.63) is 24.0 Å². The number of nitrogens with zero attached hydrogens (tertiary/aromatic N) is 1. The number of hydrogen-bond acceptors (Lipinski definition) is 2. The van der Waals surface area contributed by atoms with Crippen LogP contribution in [0.5, 0.6) is 0 Å². The summed E-state index contributed by atoms with van der Waals surface area (Å²) in [6, 6.07) is 2.37. The summed E-state index contributed by atoms with van der Waals surface area (Å²) in [6.45, 7) is 1.27. The van der Waals surface area contributed by atoms with Gasteiger partial charge in [0, 0.05) is 31.6 Å². The molecule has 1 aromatic rings. The van der Waals surface area contributed by atoms with Crippen LogP contribution < -0.4 is 5.73 Å². The summed E-state index contributed by atoms with van der Waals surface area (Å²) < 4.78 is 2.17. The predicted octanol–water partition coefficient (Wildman–Crippen LogP) is 1.67. The van der Waals surface area contributed by atoms with Gasteiger partial charge in [0.05, 0.1) is 0 Å². The van der Waals surface area contributed by atoms with Crippen LogP contribution in [-0.4, -0.2) is 16.3 Å². The van der Waals surface area contributed by atoms with Gasteiger partial charge in [-0.15, -0.1) is 0 Å². The topological polar surface area (TPSA) is 51.2 Å². The maximum Gasteiger partial charge on any atom is 0.0431 e. The van der Waals surface area contributed by atoms with E-state index in [1.807, 2.05) is 0 Å². The van der Waals surface area contributed by atoms with Gasteiger partial charge in [0.1, 0.15) is 0 Å². The Hall–Kier alpha value is -0.800. The number of aryl methyl sites for hydroxylation is 1. The number of aliphatic hydroxyl groups is 1.